The lowest BCUT2D eigenvalue weighted by molar-refractivity contribution is -0.141. The van der Waals surface area contributed by atoms with Crippen LogP contribution in [0.2, 0.25) is 0 Å². The molecule has 0 radical (unpaired) electrons. The van der Waals surface area contributed by atoms with Crippen LogP contribution in [-0.2, 0) is 14.3 Å². The molecule has 4 heteroatoms. The first-order valence-corrected chi connectivity index (χ1v) is 7.39. The molecule has 4 nitrogen and oxygen atoms in total. The van der Waals surface area contributed by atoms with Gasteiger partial charge in [0.2, 0.25) is 0 Å². The Kier molecular flexibility index (Phi) is 4.61. The Morgan fingerprint density at radius 2 is 2.16 bits per heavy atom. The molecule has 19 heavy (non-hydrogen) atoms. The van der Waals surface area contributed by atoms with Gasteiger partial charge >= 0.3 is 5.97 Å². The third kappa shape index (κ3) is 2.82. The number of carbonyl (C=O) groups excluding carboxylic acids is 2. The Bertz CT molecular complexity index is 400. The largest absolute Gasteiger partial charge is 0.462 e. The van der Waals surface area contributed by atoms with Gasteiger partial charge in [0.05, 0.1) is 6.61 Å². The van der Waals surface area contributed by atoms with Gasteiger partial charge in [-0.1, -0.05) is 13.3 Å². The van der Waals surface area contributed by atoms with Gasteiger partial charge in [0.25, 0.3) is 0 Å². The SMILES string of the molecule is CCC[C@@H]1CC(=O)C(C(=O)OCC)=C2CCCCN21. The van der Waals surface area contributed by atoms with Gasteiger partial charge < -0.3 is 9.64 Å². The number of allylic oxidation sites excluding steroid dienone is 1. The van der Waals surface area contributed by atoms with Crippen LogP contribution in [-0.4, -0.2) is 35.8 Å². The summed E-state index contributed by atoms with van der Waals surface area (Å²) in [6.45, 7) is 5.20. The van der Waals surface area contributed by atoms with Crippen molar-refractivity contribution < 1.29 is 14.3 Å². The number of rotatable bonds is 4. The zero-order valence-electron chi connectivity index (χ0n) is 11.9. The van der Waals surface area contributed by atoms with Gasteiger partial charge in [-0.3, -0.25) is 4.79 Å². The molecule has 0 aromatic heterocycles. The third-order valence-corrected chi connectivity index (χ3v) is 3.94. The van der Waals surface area contributed by atoms with E-state index >= 15 is 0 Å². The lowest BCUT2D eigenvalue weighted by Gasteiger charge is -2.42. The van der Waals surface area contributed by atoms with Crippen molar-refractivity contribution in [2.45, 2.75) is 58.4 Å². The van der Waals surface area contributed by atoms with Crippen LogP contribution in [0.4, 0.5) is 0 Å². The van der Waals surface area contributed by atoms with Crippen molar-refractivity contribution in [1.82, 2.24) is 4.90 Å². The summed E-state index contributed by atoms with van der Waals surface area (Å²) in [5.41, 5.74) is 1.27. The molecule has 0 aromatic carbocycles. The number of piperidine rings is 1. The predicted octanol–water partition coefficient (Wildman–Crippen LogP) is 2.43. The quantitative estimate of drug-likeness (QED) is 0.578. The zero-order valence-corrected chi connectivity index (χ0v) is 11.9. The van der Waals surface area contributed by atoms with Crippen LogP contribution in [0, 0.1) is 0 Å². The second kappa shape index (κ2) is 6.22. The predicted molar refractivity (Wildman–Crippen MR) is 72.5 cm³/mol. The third-order valence-electron chi connectivity index (χ3n) is 3.94. The van der Waals surface area contributed by atoms with E-state index in [0.717, 1.165) is 44.3 Å². The molecule has 1 saturated heterocycles. The molecule has 2 rings (SSSR count). The highest BCUT2D eigenvalue weighted by Crippen LogP contribution is 2.34. The zero-order chi connectivity index (χ0) is 13.8. The van der Waals surface area contributed by atoms with Gasteiger partial charge in [0, 0.05) is 24.7 Å². The fraction of sp³-hybridized carbons (Fsp3) is 0.733. The van der Waals surface area contributed by atoms with Crippen molar-refractivity contribution in [1.29, 1.82) is 0 Å². The van der Waals surface area contributed by atoms with Crippen molar-refractivity contribution in [3.05, 3.63) is 11.3 Å². The summed E-state index contributed by atoms with van der Waals surface area (Å²) >= 11 is 0. The minimum atomic E-state index is -0.427. The van der Waals surface area contributed by atoms with E-state index in [1.807, 2.05) is 0 Å². The maximum absolute atomic E-state index is 12.3. The van der Waals surface area contributed by atoms with Gasteiger partial charge in [-0.2, -0.15) is 0 Å². The highest BCUT2D eigenvalue weighted by Gasteiger charge is 2.37. The van der Waals surface area contributed by atoms with Crippen LogP contribution >= 0.6 is 0 Å². The molecule has 0 saturated carbocycles. The molecule has 1 atom stereocenters. The molecule has 106 valence electrons. The van der Waals surface area contributed by atoms with Gasteiger partial charge in [-0.15, -0.1) is 0 Å². The number of hydrogen-bond acceptors (Lipinski definition) is 4. The minimum absolute atomic E-state index is 0.0231. The molecular formula is C15H23NO3. The van der Waals surface area contributed by atoms with E-state index in [0.29, 0.717) is 18.6 Å². The molecule has 2 aliphatic rings. The van der Waals surface area contributed by atoms with Crippen molar-refractivity contribution in [2.75, 3.05) is 13.2 Å². The number of ether oxygens (including phenoxy) is 1. The van der Waals surface area contributed by atoms with Crippen LogP contribution in [0.1, 0.15) is 52.4 Å². The van der Waals surface area contributed by atoms with Crippen molar-refractivity contribution in [3.63, 3.8) is 0 Å². The molecule has 0 spiro atoms. The molecule has 2 heterocycles. The van der Waals surface area contributed by atoms with E-state index in [-0.39, 0.29) is 11.8 Å². The van der Waals surface area contributed by atoms with Crippen molar-refractivity contribution in [2.24, 2.45) is 0 Å². The number of esters is 1. The first-order valence-electron chi connectivity index (χ1n) is 7.39. The Balaban J connectivity index is 2.32. The highest BCUT2D eigenvalue weighted by molar-refractivity contribution is 6.18. The van der Waals surface area contributed by atoms with Crippen LogP contribution in [0.15, 0.2) is 11.3 Å². The summed E-state index contributed by atoms with van der Waals surface area (Å²) in [6.07, 6.45) is 5.59. The molecule has 2 aliphatic heterocycles. The first-order chi connectivity index (χ1) is 9.19. The Labute approximate surface area is 114 Å². The number of hydrogen-bond donors (Lipinski definition) is 0. The smallest absolute Gasteiger partial charge is 0.343 e. The van der Waals surface area contributed by atoms with E-state index in [2.05, 4.69) is 11.8 Å². The van der Waals surface area contributed by atoms with E-state index < -0.39 is 5.97 Å². The maximum atomic E-state index is 12.3. The molecular weight excluding hydrogens is 242 g/mol. The Hall–Kier alpha value is -1.32. The lowest BCUT2D eigenvalue weighted by Crippen LogP contribution is -2.45. The molecule has 1 fully saturated rings. The number of ketones is 1. The number of Topliss-reactive ketones (excluding diaryl/α,β-unsaturated/α-hetero) is 1. The summed E-state index contributed by atoms with van der Waals surface area (Å²) in [4.78, 5) is 26.6. The molecule has 0 N–H and O–H groups in total. The Morgan fingerprint density at radius 3 is 2.84 bits per heavy atom. The normalized spacial score (nSPS) is 23.4. The van der Waals surface area contributed by atoms with Crippen molar-refractivity contribution >= 4 is 11.8 Å². The summed E-state index contributed by atoms with van der Waals surface area (Å²) in [5.74, 6) is -0.450. The number of fused-ring (bicyclic) bond motifs is 1. The second-order valence-corrected chi connectivity index (χ2v) is 5.26. The molecule has 0 aliphatic carbocycles. The van der Waals surface area contributed by atoms with E-state index in [1.54, 1.807) is 6.92 Å². The fourth-order valence-corrected chi connectivity index (χ4v) is 3.14. The summed E-state index contributed by atoms with van der Waals surface area (Å²) in [7, 11) is 0. The minimum Gasteiger partial charge on any atom is -0.462 e. The summed E-state index contributed by atoms with van der Waals surface area (Å²) < 4.78 is 5.05. The topological polar surface area (TPSA) is 46.6 Å². The van der Waals surface area contributed by atoms with Crippen LogP contribution < -0.4 is 0 Å². The Morgan fingerprint density at radius 1 is 1.37 bits per heavy atom. The standard InChI is InChI=1S/C15H23NO3/c1-3-7-11-10-13(17)14(15(18)19-4-2)12-8-5-6-9-16(11)12/h11H,3-10H2,1-2H3/t11-/m1/s1. The van der Waals surface area contributed by atoms with Gasteiger partial charge in [0.1, 0.15) is 5.57 Å². The molecule has 0 unspecified atom stereocenters. The van der Waals surface area contributed by atoms with Gasteiger partial charge in [0.15, 0.2) is 5.78 Å². The highest BCUT2D eigenvalue weighted by atomic mass is 16.5. The van der Waals surface area contributed by atoms with Crippen LogP contribution in [0.25, 0.3) is 0 Å². The summed E-state index contributed by atoms with van der Waals surface area (Å²) in [6, 6.07) is 0.283. The van der Waals surface area contributed by atoms with Gasteiger partial charge in [-0.25, -0.2) is 4.79 Å². The van der Waals surface area contributed by atoms with Crippen molar-refractivity contribution in [3.8, 4) is 0 Å². The monoisotopic (exact) mass is 265 g/mol. The maximum Gasteiger partial charge on any atom is 0.343 e. The van der Waals surface area contributed by atoms with Crippen LogP contribution in [0.5, 0.6) is 0 Å². The average molecular weight is 265 g/mol. The molecule has 0 amide bonds. The lowest BCUT2D eigenvalue weighted by atomic mass is 9.88. The molecule has 0 bridgehead atoms. The average Bonchev–Trinajstić information content (AvgIpc) is 2.39. The first kappa shape index (κ1) is 14.1. The van der Waals surface area contributed by atoms with E-state index in [1.165, 1.54) is 0 Å². The summed E-state index contributed by atoms with van der Waals surface area (Å²) in [5, 5.41) is 0. The van der Waals surface area contributed by atoms with E-state index in [9.17, 15) is 9.59 Å². The van der Waals surface area contributed by atoms with E-state index in [4.69, 9.17) is 4.74 Å². The number of carbonyl (C=O) groups is 2. The second-order valence-electron chi connectivity index (χ2n) is 5.26. The van der Waals surface area contributed by atoms with Crippen LogP contribution in [0.3, 0.4) is 0 Å². The fourth-order valence-electron chi connectivity index (χ4n) is 3.14. The number of nitrogens with zero attached hydrogens (tertiary/aromatic N) is 1. The molecule has 0 aromatic rings. The van der Waals surface area contributed by atoms with Gasteiger partial charge in [-0.05, 0) is 32.6 Å².